The van der Waals surface area contributed by atoms with Gasteiger partial charge in [0.25, 0.3) is 0 Å². The molecule has 0 aliphatic carbocycles. The van der Waals surface area contributed by atoms with E-state index < -0.39 is 0 Å². The van der Waals surface area contributed by atoms with Crippen molar-refractivity contribution in [1.29, 1.82) is 0 Å². The Labute approximate surface area is 176 Å². The first-order valence-electron chi connectivity index (χ1n) is 8.61. The molecule has 0 aliphatic heterocycles. The second-order valence-electron chi connectivity index (χ2n) is 5.50. The van der Waals surface area contributed by atoms with Gasteiger partial charge in [-0.05, 0) is 31.5 Å². The van der Waals surface area contributed by atoms with E-state index in [1.54, 1.807) is 25.4 Å². The maximum Gasteiger partial charge on any atom is 0.224 e. The summed E-state index contributed by atoms with van der Waals surface area (Å²) < 4.78 is 24.1. The van der Waals surface area contributed by atoms with Gasteiger partial charge in [-0.1, -0.05) is 12.1 Å². The lowest BCUT2D eigenvalue weighted by Gasteiger charge is -2.12. The first kappa shape index (κ1) is 23.1. The molecule has 0 aliphatic rings. The third-order valence-electron chi connectivity index (χ3n) is 3.43. The van der Waals surface area contributed by atoms with Gasteiger partial charge in [-0.15, -0.1) is 24.0 Å². The largest absolute Gasteiger partial charge is 0.439 e. The van der Waals surface area contributed by atoms with E-state index >= 15 is 0 Å². The maximum atomic E-state index is 13.3. The van der Waals surface area contributed by atoms with Crippen molar-refractivity contribution in [1.82, 2.24) is 15.6 Å². The third kappa shape index (κ3) is 8.53. The summed E-state index contributed by atoms with van der Waals surface area (Å²) >= 11 is 0. The Morgan fingerprint density at radius 2 is 2.07 bits per heavy atom. The lowest BCUT2D eigenvalue weighted by Crippen LogP contribution is -2.38. The quantitative estimate of drug-likeness (QED) is 0.244. The second kappa shape index (κ2) is 13.3. The summed E-state index contributed by atoms with van der Waals surface area (Å²) in [5, 5.41) is 6.44. The van der Waals surface area contributed by atoms with E-state index in [0.29, 0.717) is 30.7 Å². The zero-order valence-electron chi connectivity index (χ0n) is 15.6. The average Bonchev–Trinajstić information content (AvgIpc) is 2.64. The number of hydrogen-bond acceptors (Lipinski definition) is 4. The number of methoxy groups -OCH3 is 1. The van der Waals surface area contributed by atoms with E-state index in [0.717, 1.165) is 25.1 Å². The predicted octanol–water partition coefficient (Wildman–Crippen LogP) is 3.72. The summed E-state index contributed by atoms with van der Waals surface area (Å²) in [6.45, 7) is 4.61. The molecule has 2 rings (SSSR count). The van der Waals surface area contributed by atoms with Crippen LogP contribution < -0.4 is 15.4 Å². The summed E-state index contributed by atoms with van der Waals surface area (Å²) in [5.74, 6) is 1.17. The first-order chi connectivity index (χ1) is 12.7. The lowest BCUT2D eigenvalue weighted by atomic mass is 10.2. The third-order valence-corrected chi connectivity index (χ3v) is 3.43. The molecule has 1 aromatic heterocycles. The van der Waals surface area contributed by atoms with E-state index in [-0.39, 0.29) is 29.8 Å². The van der Waals surface area contributed by atoms with Gasteiger partial charge in [-0.3, -0.25) is 0 Å². The summed E-state index contributed by atoms with van der Waals surface area (Å²) in [6.07, 6.45) is 2.53. The molecule has 148 valence electrons. The highest BCUT2D eigenvalue weighted by Gasteiger charge is 2.07. The van der Waals surface area contributed by atoms with Gasteiger partial charge in [0.15, 0.2) is 5.96 Å². The van der Waals surface area contributed by atoms with Gasteiger partial charge in [0.1, 0.15) is 11.6 Å². The van der Waals surface area contributed by atoms with Crippen LogP contribution in [0.15, 0.2) is 47.6 Å². The van der Waals surface area contributed by atoms with Crippen molar-refractivity contribution in [3.8, 4) is 11.6 Å². The van der Waals surface area contributed by atoms with Crippen molar-refractivity contribution in [2.24, 2.45) is 4.99 Å². The van der Waals surface area contributed by atoms with Crippen LogP contribution in [-0.4, -0.2) is 37.7 Å². The molecule has 0 spiro atoms. The van der Waals surface area contributed by atoms with Crippen molar-refractivity contribution in [2.45, 2.75) is 19.9 Å². The minimum atomic E-state index is -0.354. The van der Waals surface area contributed by atoms with Crippen LogP contribution in [-0.2, 0) is 11.3 Å². The monoisotopic (exact) mass is 488 g/mol. The summed E-state index contributed by atoms with van der Waals surface area (Å²) in [4.78, 5) is 8.80. The van der Waals surface area contributed by atoms with E-state index in [2.05, 4.69) is 20.6 Å². The Morgan fingerprint density at radius 3 is 2.81 bits per heavy atom. The molecule has 1 aromatic carbocycles. The predicted molar refractivity (Wildman–Crippen MR) is 115 cm³/mol. The molecule has 6 nitrogen and oxygen atoms in total. The van der Waals surface area contributed by atoms with Crippen LogP contribution in [0.2, 0.25) is 0 Å². The highest BCUT2D eigenvalue weighted by atomic mass is 127. The first-order valence-corrected chi connectivity index (χ1v) is 8.61. The fourth-order valence-electron chi connectivity index (χ4n) is 2.21. The fourth-order valence-corrected chi connectivity index (χ4v) is 2.21. The highest BCUT2D eigenvalue weighted by Crippen LogP contribution is 2.23. The molecule has 27 heavy (non-hydrogen) atoms. The van der Waals surface area contributed by atoms with Gasteiger partial charge in [0.2, 0.25) is 5.88 Å². The van der Waals surface area contributed by atoms with Crippen LogP contribution >= 0.6 is 24.0 Å². The number of hydrogen-bond donors (Lipinski definition) is 2. The zero-order chi connectivity index (χ0) is 18.6. The van der Waals surface area contributed by atoms with E-state index in [9.17, 15) is 4.39 Å². The number of nitrogens with zero attached hydrogens (tertiary/aromatic N) is 2. The molecule has 0 radical (unpaired) electrons. The Hall–Kier alpha value is -1.94. The molecule has 0 fully saturated rings. The van der Waals surface area contributed by atoms with Crippen molar-refractivity contribution in [3.05, 3.63) is 54.0 Å². The Kier molecular flexibility index (Phi) is 11.3. The molecule has 2 N–H and O–H groups in total. The van der Waals surface area contributed by atoms with Crippen LogP contribution in [0.1, 0.15) is 18.9 Å². The van der Waals surface area contributed by atoms with Gasteiger partial charge >= 0.3 is 0 Å². The maximum absolute atomic E-state index is 13.3. The number of aromatic nitrogens is 1. The number of aliphatic imine (C=N–C) groups is 1. The minimum absolute atomic E-state index is 0. The van der Waals surface area contributed by atoms with Crippen molar-refractivity contribution < 1.29 is 13.9 Å². The lowest BCUT2D eigenvalue weighted by molar-refractivity contribution is 0.195. The number of guanidine groups is 1. The van der Waals surface area contributed by atoms with Crippen LogP contribution in [0.5, 0.6) is 11.6 Å². The minimum Gasteiger partial charge on any atom is -0.439 e. The molecule has 0 bridgehead atoms. The number of pyridine rings is 1. The molecule has 0 saturated carbocycles. The second-order valence-corrected chi connectivity index (χ2v) is 5.50. The topological polar surface area (TPSA) is 67.8 Å². The van der Waals surface area contributed by atoms with Gasteiger partial charge in [0, 0.05) is 44.6 Å². The smallest absolute Gasteiger partial charge is 0.224 e. The van der Waals surface area contributed by atoms with Gasteiger partial charge in [-0.25, -0.2) is 14.4 Å². The molecule has 0 saturated heterocycles. The SMILES string of the molecule is CCNC(=NCc1cccnc1Oc1cccc(F)c1)NCCCOC.I. The molecule has 0 atom stereocenters. The fraction of sp³-hybridized carbons (Fsp3) is 0.368. The molecular formula is C19H26FIN4O2. The summed E-state index contributed by atoms with van der Waals surface area (Å²) in [6, 6.07) is 9.68. The van der Waals surface area contributed by atoms with Crippen LogP contribution in [0.25, 0.3) is 0 Å². The Bertz CT molecular complexity index is 716. The summed E-state index contributed by atoms with van der Waals surface area (Å²) in [7, 11) is 1.68. The van der Waals surface area contributed by atoms with E-state index in [4.69, 9.17) is 9.47 Å². The normalized spacial score (nSPS) is 10.9. The molecular weight excluding hydrogens is 462 g/mol. The van der Waals surface area contributed by atoms with Crippen LogP contribution in [0, 0.1) is 5.82 Å². The number of halogens is 2. The van der Waals surface area contributed by atoms with Crippen molar-refractivity contribution in [3.63, 3.8) is 0 Å². The van der Waals surface area contributed by atoms with Crippen LogP contribution in [0.4, 0.5) is 4.39 Å². The van der Waals surface area contributed by atoms with E-state index in [1.165, 1.54) is 12.1 Å². The zero-order valence-corrected chi connectivity index (χ0v) is 17.9. The average molecular weight is 488 g/mol. The van der Waals surface area contributed by atoms with Gasteiger partial charge in [-0.2, -0.15) is 0 Å². The molecule has 2 aromatic rings. The highest BCUT2D eigenvalue weighted by molar-refractivity contribution is 14.0. The Balaban J connectivity index is 0.00000364. The Morgan fingerprint density at radius 1 is 1.22 bits per heavy atom. The van der Waals surface area contributed by atoms with Crippen molar-refractivity contribution in [2.75, 3.05) is 26.8 Å². The van der Waals surface area contributed by atoms with Crippen molar-refractivity contribution >= 4 is 29.9 Å². The van der Waals surface area contributed by atoms with E-state index in [1.807, 2.05) is 19.1 Å². The van der Waals surface area contributed by atoms with Gasteiger partial charge in [0.05, 0.1) is 6.54 Å². The number of rotatable bonds is 9. The molecule has 0 amide bonds. The standard InChI is InChI=1S/C19H25FN4O2.HI/c1-3-21-19(23-11-6-12-25-2)24-14-15-7-5-10-22-18(15)26-17-9-4-8-16(20)13-17;/h4-5,7-10,13H,3,6,11-12,14H2,1-2H3,(H2,21,23,24);1H. The summed E-state index contributed by atoms with van der Waals surface area (Å²) in [5.41, 5.74) is 0.811. The molecule has 1 heterocycles. The van der Waals surface area contributed by atoms with Gasteiger partial charge < -0.3 is 20.1 Å². The molecule has 8 heteroatoms. The number of benzene rings is 1. The number of ether oxygens (including phenoxy) is 2. The van der Waals surface area contributed by atoms with Crippen LogP contribution in [0.3, 0.4) is 0 Å². The molecule has 0 unspecified atom stereocenters. The number of nitrogens with one attached hydrogen (secondary N) is 2.